The lowest BCUT2D eigenvalue weighted by Gasteiger charge is -2.27. The van der Waals surface area contributed by atoms with Crippen molar-refractivity contribution in [1.29, 1.82) is 0 Å². The molecule has 3 rings (SSSR count). The lowest BCUT2D eigenvalue weighted by molar-refractivity contribution is -0.141. The van der Waals surface area contributed by atoms with E-state index in [2.05, 4.69) is 10.3 Å². The minimum atomic E-state index is -4.48. The van der Waals surface area contributed by atoms with Crippen molar-refractivity contribution in [2.75, 3.05) is 13.1 Å². The number of fused-ring (bicyclic) bond motifs is 2. The molecule has 2 saturated heterocycles. The SMILES string of the molecule is O=C(c1ccc(C(F)(F)F)nc1)N1C2CCNCC1CC2. The molecule has 0 spiro atoms. The maximum Gasteiger partial charge on any atom is 0.433 e. The van der Waals surface area contributed by atoms with Crippen molar-refractivity contribution in [2.24, 2.45) is 0 Å². The van der Waals surface area contributed by atoms with Crippen LogP contribution < -0.4 is 5.32 Å². The number of hydrogen-bond acceptors (Lipinski definition) is 3. The van der Waals surface area contributed by atoms with Gasteiger partial charge in [0.15, 0.2) is 0 Å². The van der Waals surface area contributed by atoms with Crippen LogP contribution in [0.5, 0.6) is 0 Å². The first kappa shape index (κ1) is 14.3. The number of carbonyl (C=O) groups excluding carboxylic acids is 1. The number of pyridine rings is 1. The van der Waals surface area contributed by atoms with Crippen LogP contribution in [0.4, 0.5) is 13.2 Å². The van der Waals surface area contributed by atoms with Crippen LogP contribution in [-0.2, 0) is 6.18 Å². The molecule has 2 atom stereocenters. The average Bonchev–Trinajstić information content (AvgIpc) is 2.70. The lowest BCUT2D eigenvalue weighted by atomic mass is 10.1. The molecule has 4 nitrogen and oxygen atoms in total. The Kier molecular flexibility index (Phi) is 3.61. The second kappa shape index (κ2) is 5.29. The summed E-state index contributed by atoms with van der Waals surface area (Å²) >= 11 is 0. The van der Waals surface area contributed by atoms with E-state index in [-0.39, 0.29) is 23.6 Å². The number of halogens is 3. The first-order chi connectivity index (χ1) is 9.97. The minimum Gasteiger partial charge on any atom is -0.331 e. The maximum atomic E-state index is 12.6. The molecular weight excluding hydrogens is 283 g/mol. The van der Waals surface area contributed by atoms with Crippen LogP contribution in [0.25, 0.3) is 0 Å². The van der Waals surface area contributed by atoms with Crippen molar-refractivity contribution in [1.82, 2.24) is 15.2 Å². The summed E-state index contributed by atoms with van der Waals surface area (Å²) < 4.78 is 37.5. The van der Waals surface area contributed by atoms with E-state index in [0.717, 1.165) is 44.6 Å². The van der Waals surface area contributed by atoms with Gasteiger partial charge >= 0.3 is 6.18 Å². The monoisotopic (exact) mass is 299 g/mol. The van der Waals surface area contributed by atoms with Crippen LogP contribution in [0.1, 0.15) is 35.3 Å². The lowest BCUT2D eigenvalue weighted by Crippen LogP contribution is -2.42. The second-order valence-electron chi connectivity index (χ2n) is 5.52. The predicted octanol–water partition coefficient (Wildman–Crippen LogP) is 2.07. The molecule has 7 heteroatoms. The van der Waals surface area contributed by atoms with Gasteiger partial charge in [-0.1, -0.05) is 0 Å². The molecule has 2 fully saturated rings. The Morgan fingerprint density at radius 2 is 2.00 bits per heavy atom. The molecule has 2 unspecified atom stereocenters. The summed E-state index contributed by atoms with van der Waals surface area (Å²) in [5.74, 6) is -0.215. The van der Waals surface area contributed by atoms with E-state index in [0.29, 0.717) is 0 Å². The highest BCUT2D eigenvalue weighted by atomic mass is 19.4. The summed E-state index contributed by atoms with van der Waals surface area (Å²) in [6.45, 7) is 1.62. The zero-order valence-electron chi connectivity index (χ0n) is 11.4. The minimum absolute atomic E-state index is 0.132. The maximum absolute atomic E-state index is 12.6. The number of aromatic nitrogens is 1. The smallest absolute Gasteiger partial charge is 0.331 e. The molecule has 1 aromatic rings. The van der Waals surface area contributed by atoms with Gasteiger partial charge in [0.05, 0.1) is 5.56 Å². The van der Waals surface area contributed by atoms with Crippen molar-refractivity contribution < 1.29 is 18.0 Å². The van der Waals surface area contributed by atoms with Gasteiger partial charge in [0.2, 0.25) is 0 Å². The molecule has 114 valence electrons. The first-order valence-electron chi connectivity index (χ1n) is 7.03. The normalized spacial score (nSPS) is 25.8. The van der Waals surface area contributed by atoms with Gasteiger partial charge in [0.25, 0.3) is 5.91 Å². The Morgan fingerprint density at radius 3 is 2.67 bits per heavy atom. The summed E-state index contributed by atoms with van der Waals surface area (Å²) in [7, 11) is 0. The molecule has 0 aromatic carbocycles. The Balaban J connectivity index is 1.82. The van der Waals surface area contributed by atoms with Crippen LogP contribution in [0.3, 0.4) is 0 Å². The summed E-state index contributed by atoms with van der Waals surface area (Å²) in [4.78, 5) is 17.7. The van der Waals surface area contributed by atoms with Crippen molar-refractivity contribution in [2.45, 2.75) is 37.5 Å². The van der Waals surface area contributed by atoms with E-state index in [9.17, 15) is 18.0 Å². The average molecular weight is 299 g/mol. The molecule has 2 aliphatic heterocycles. The third kappa shape index (κ3) is 2.74. The molecule has 1 N–H and O–H groups in total. The van der Waals surface area contributed by atoms with Gasteiger partial charge in [-0.05, 0) is 37.9 Å². The van der Waals surface area contributed by atoms with E-state index in [1.165, 1.54) is 6.07 Å². The number of alkyl halides is 3. The molecule has 2 bridgehead atoms. The number of nitrogens with zero attached hydrogens (tertiary/aromatic N) is 2. The number of rotatable bonds is 1. The topological polar surface area (TPSA) is 45.2 Å². The number of amides is 1. The predicted molar refractivity (Wildman–Crippen MR) is 69.7 cm³/mol. The van der Waals surface area contributed by atoms with Gasteiger partial charge in [0.1, 0.15) is 5.69 Å². The van der Waals surface area contributed by atoms with Crippen molar-refractivity contribution in [3.63, 3.8) is 0 Å². The highest BCUT2D eigenvalue weighted by Crippen LogP contribution is 2.30. The molecule has 0 radical (unpaired) electrons. The Morgan fingerprint density at radius 1 is 1.24 bits per heavy atom. The van der Waals surface area contributed by atoms with Crippen molar-refractivity contribution in [3.05, 3.63) is 29.6 Å². The molecule has 1 aromatic heterocycles. The highest BCUT2D eigenvalue weighted by Gasteiger charge is 2.39. The standard InChI is InChI=1S/C14H16F3N3O/c15-14(16,17)12-4-1-9(7-19-12)13(21)20-10-2-3-11(20)8-18-6-5-10/h1,4,7,10-11,18H,2-3,5-6,8H2. The number of hydrogen-bond donors (Lipinski definition) is 1. The van der Waals surface area contributed by atoms with Gasteiger partial charge in [-0.25, -0.2) is 0 Å². The Bertz CT molecular complexity index is 515. The van der Waals surface area contributed by atoms with E-state index < -0.39 is 11.9 Å². The van der Waals surface area contributed by atoms with Crippen LogP contribution >= 0.6 is 0 Å². The van der Waals surface area contributed by atoms with Gasteiger partial charge in [-0.3, -0.25) is 9.78 Å². The van der Waals surface area contributed by atoms with Crippen LogP contribution in [0.15, 0.2) is 18.3 Å². The summed E-state index contributed by atoms with van der Waals surface area (Å²) in [5, 5.41) is 3.29. The Labute approximate surface area is 120 Å². The molecule has 0 aliphatic carbocycles. The summed E-state index contributed by atoms with van der Waals surface area (Å²) in [5.41, 5.74) is -0.749. The van der Waals surface area contributed by atoms with Crippen molar-refractivity contribution in [3.8, 4) is 0 Å². The Hall–Kier alpha value is -1.63. The third-order valence-corrected chi connectivity index (χ3v) is 4.19. The van der Waals surface area contributed by atoms with Crippen LogP contribution in [-0.4, -0.2) is 41.0 Å². The fraction of sp³-hybridized carbons (Fsp3) is 0.571. The highest BCUT2D eigenvalue weighted by molar-refractivity contribution is 5.94. The third-order valence-electron chi connectivity index (χ3n) is 4.19. The van der Waals surface area contributed by atoms with E-state index >= 15 is 0 Å². The number of carbonyl (C=O) groups is 1. The zero-order valence-corrected chi connectivity index (χ0v) is 11.4. The van der Waals surface area contributed by atoms with Crippen molar-refractivity contribution >= 4 is 5.91 Å². The first-order valence-corrected chi connectivity index (χ1v) is 7.03. The number of nitrogens with one attached hydrogen (secondary N) is 1. The molecular formula is C14H16F3N3O. The molecule has 1 amide bonds. The van der Waals surface area contributed by atoms with Gasteiger partial charge in [-0.15, -0.1) is 0 Å². The van der Waals surface area contributed by atoms with E-state index in [1.807, 2.05) is 4.90 Å². The second-order valence-corrected chi connectivity index (χ2v) is 5.52. The summed E-state index contributed by atoms with van der Waals surface area (Å²) in [6.07, 6.45) is -0.657. The van der Waals surface area contributed by atoms with Gasteiger partial charge in [-0.2, -0.15) is 13.2 Å². The molecule has 2 aliphatic rings. The van der Waals surface area contributed by atoms with E-state index in [1.54, 1.807) is 0 Å². The van der Waals surface area contributed by atoms with Crippen LogP contribution in [0.2, 0.25) is 0 Å². The largest absolute Gasteiger partial charge is 0.433 e. The van der Waals surface area contributed by atoms with Gasteiger partial charge in [0, 0.05) is 24.8 Å². The van der Waals surface area contributed by atoms with Gasteiger partial charge < -0.3 is 10.2 Å². The van der Waals surface area contributed by atoms with E-state index in [4.69, 9.17) is 0 Å². The fourth-order valence-electron chi connectivity index (χ4n) is 3.15. The van der Waals surface area contributed by atoms with Crippen LogP contribution in [0, 0.1) is 0 Å². The fourth-order valence-corrected chi connectivity index (χ4v) is 3.15. The molecule has 3 heterocycles. The molecule has 21 heavy (non-hydrogen) atoms. The quantitative estimate of drug-likeness (QED) is 0.863. The zero-order chi connectivity index (χ0) is 15.0. The molecule has 0 saturated carbocycles. The summed E-state index contributed by atoms with van der Waals surface area (Å²) in [6, 6.07) is 2.40.